The van der Waals surface area contributed by atoms with Crippen LogP contribution >= 0.6 is 11.8 Å². The number of ether oxygens (including phenoxy) is 1. The SMILES string of the molecule is CC1OCCC1SCC(O)c1ccc(N)cc1. The summed E-state index contributed by atoms with van der Waals surface area (Å²) in [5.74, 6) is 0.711. The first kappa shape index (κ1) is 12.7. The van der Waals surface area contributed by atoms with E-state index in [1.807, 2.05) is 24.3 Å². The molecule has 3 nitrogen and oxygen atoms in total. The van der Waals surface area contributed by atoms with Crippen LogP contribution in [0, 0.1) is 0 Å². The molecule has 0 amide bonds. The van der Waals surface area contributed by atoms with Crippen LogP contribution in [-0.4, -0.2) is 28.8 Å². The lowest BCUT2D eigenvalue weighted by molar-refractivity contribution is 0.127. The Morgan fingerprint density at radius 3 is 2.76 bits per heavy atom. The molecular weight excluding hydrogens is 234 g/mol. The number of nitrogens with two attached hydrogens (primary N) is 1. The van der Waals surface area contributed by atoms with Gasteiger partial charge >= 0.3 is 0 Å². The van der Waals surface area contributed by atoms with Crippen LogP contribution in [0.4, 0.5) is 5.69 Å². The van der Waals surface area contributed by atoms with Crippen LogP contribution in [0.5, 0.6) is 0 Å². The topological polar surface area (TPSA) is 55.5 Å². The molecule has 1 heterocycles. The highest BCUT2D eigenvalue weighted by Gasteiger charge is 2.25. The van der Waals surface area contributed by atoms with Crippen LogP contribution in [0.1, 0.15) is 25.0 Å². The maximum atomic E-state index is 10.1. The third-order valence-corrected chi connectivity index (χ3v) is 4.65. The zero-order valence-electron chi connectivity index (χ0n) is 10.0. The Bertz CT molecular complexity index is 355. The second-order valence-corrected chi connectivity index (χ2v) is 5.69. The van der Waals surface area contributed by atoms with E-state index < -0.39 is 6.10 Å². The summed E-state index contributed by atoms with van der Waals surface area (Å²) in [6.07, 6.45) is 0.965. The standard InChI is InChI=1S/C13H19NO2S/c1-9-13(6-7-16-9)17-8-12(15)10-2-4-11(14)5-3-10/h2-5,9,12-13,15H,6-8,14H2,1H3. The van der Waals surface area contributed by atoms with Gasteiger partial charge in [-0.2, -0.15) is 11.8 Å². The number of aliphatic hydroxyl groups excluding tert-OH is 1. The quantitative estimate of drug-likeness (QED) is 0.808. The van der Waals surface area contributed by atoms with Gasteiger partial charge in [0, 0.05) is 23.3 Å². The van der Waals surface area contributed by atoms with Crippen LogP contribution in [0.15, 0.2) is 24.3 Å². The summed E-state index contributed by atoms with van der Waals surface area (Å²) in [7, 11) is 0. The van der Waals surface area contributed by atoms with Gasteiger partial charge in [0.25, 0.3) is 0 Å². The molecule has 0 spiro atoms. The van der Waals surface area contributed by atoms with Crippen LogP contribution in [0.3, 0.4) is 0 Å². The van der Waals surface area contributed by atoms with E-state index in [0.29, 0.717) is 17.1 Å². The highest BCUT2D eigenvalue weighted by atomic mass is 32.2. The summed E-state index contributed by atoms with van der Waals surface area (Å²) in [6.45, 7) is 2.94. The van der Waals surface area contributed by atoms with Crippen LogP contribution in [-0.2, 0) is 4.74 Å². The van der Waals surface area contributed by atoms with Crippen molar-refractivity contribution in [1.82, 2.24) is 0 Å². The number of hydrogen-bond donors (Lipinski definition) is 2. The van der Waals surface area contributed by atoms with Gasteiger partial charge in [0.05, 0.1) is 12.2 Å². The summed E-state index contributed by atoms with van der Waals surface area (Å²) < 4.78 is 5.50. The van der Waals surface area contributed by atoms with Gasteiger partial charge in [-0.05, 0) is 31.0 Å². The Labute approximate surface area is 106 Å². The number of aliphatic hydroxyl groups is 1. The third kappa shape index (κ3) is 3.37. The number of thioether (sulfide) groups is 1. The number of nitrogen functional groups attached to an aromatic ring is 1. The predicted molar refractivity (Wildman–Crippen MR) is 72.1 cm³/mol. The van der Waals surface area contributed by atoms with Gasteiger partial charge in [-0.3, -0.25) is 0 Å². The molecule has 0 saturated carbocycles. The Morgan fingerprint density at radius 1 is 1.47 bits per heavy atom. The maximum Gasteiger partial charge on any atom is 0.0880 e. The molecule has 3 unspecified atom stereocenters. The minimum Gasteiger partial charge on any atom is -0.399 e. The number of rotatable bonds is 4. The summed E-state index contributed by atoms with van der Waals surface area (Å²) >= 11 is 1.79. The van der Waals surface area contributed by atoms with Gasteiger partial charge in [0.1, 0.15) is 0 Å². The molecule has 1 aromatic rings. The lowest BCUT2D eigenvalue weighted by Crippen LogP contribution is -2.15. The molecule has 3 N–H and O–H groups in total. The Hall–Kier alpha value is -0.710. The van der Waals surface area contributed by atoms with Crippen molar-refractivity contribution in [1.29, 1.82) is 0 Å². The second kappa shape index (κ2) is 5.76. The first-order chi connectivity index (χ1) is 8.16. The minimum atomic E-state index is -0.423. The lowest BCUT2D eigenvalue weighted by atomic mass is 10.1. The van der Waals surface area contributed by atoms with Crippen molar-refractivity contribution in [3.63, 3.8) is 0 Å². The van der Waals surface area contributed by atoms with Crippen LogP contribution in [0.25, 0.3) is 0 Å². The lowest BCUT2D eigenvalue weighted by Gasteiger charge is -2.16. The molecule has 0 bridgehead atoms. The first-order valence-electron chi connectivity index (χ1n) is 5.93. The highest BCUT2D eigenvalue weighted by molar-refractivity contribution is 8.00. The third-order valence-electron chi connectivity index (χ3n) is 3.10. The molecule has 1 aliphatic rings. The molecule has 1 fully saturated rings. The van der Waals surface area contributed by atoms with Crippen molar-refractivity contribution in [2.45, 2.75) is 30.8 Å². The smallest absolute Gasteiger partial charge is 0.0880 e. The van der Waals surface area contributed by atoms with E-state index in [1.165, 1.54) is 0 Å². The zero-order chi connectivity index (χ0) is 12.3. The summed E-state index contributed by atoms with van der Waals surface area (Å²) in [6, 6.07) is 7.42. The van der Waals surface area contributed by atoms with Gasteiger partial charge in [0.15, 0.2) is 0 Å². The van der Waals surface area contributed by atoms with E-state index in [4.69, 9.17) is 10.5 Å². The van der Waals surface area contributed by atoms with Crippen molar-refractivity contribution < 1.29 is 9.84 Å². The van der Waals surface area contributed by atoms with E-state index in [-0.39, 0.29) is 0 Å². The first-order valence-corrected chi connectivity index (χ1v) is 6.98. The number of anilines is 1. The molecule has 0 aliphatic carbocycles. The molecule has 1 aromatic carbocycles. The van der Waals surface area contributed by atoms with E-state index in [0.717, 1.165) is 24.3 Å². The molecule has 1 saturated heterocycles. The molecular formula is C13H19NO2S. The highest BCUT2D eigenvalue weighted by Crippen LogP contribution is 2.29. The minimum absolute atomic E-state index is 0.304. The molecule has 0 aromatic heterocycles. The summed E-state index contributed by atoms with van der Waals surface area (Å²) in [4.78, 5) is 0. The van der Waals surface area contributed by atoms with Gasteiger partial charge in [-0.25, -0.2) is 0 Å². The normalized spacial score (nSPS) is 26.0. The van der Waals surface area contributed by atoms with Crippen molar-refractivity contribution >= 4 is 17.4 Å². The van der Waals surface area contributed by atoms with E-state index >= 15 is 0 Å². The fourth-order valence-corrected chi connectivity index (χ4v) is 3.19. The van der Waals surface area contributed by atoms with Crippen LogP contribution in [0.2, 0.25) is 0 Å². The fraction of sp³-hybridized carbons (Fsp3) is 0.538. The van der Waals surface area contributed by atoms with E-state index in [1.54, 1.807) is 11.8 Å². The maximum absolute atomic E-state index is 10.1. The monoisotopic (exact) mass is 253 g/mol. The Morgan fingerprint density at radius 2 is 2.18 bits per heavy atom. The average Bonchev–Trinajstić information content (AvgIpc) is 2.73. The Balaban J connectivity index is 1.84. The fourth-order valence-electron chi connectivity index (χ4n) is 1.96. The molecule has 1 aliphatic heterocycles. The number of hydrogen-bond acceptors (Lipinski definition) is 4. The van der Waals surface area contributed by atoms with Gasteiger partial charge in [-0.1, -0.05) is 12.1 Å². The van der Waals surface area contributed by atoms with Crippen molar-refractivity contribution in [3.05, 3.63) is 29.8 Å². The predicted octanol–water partition coefficient (Wildman–Crippen LogP) is 2.21. The molecule has 2 rings (SSSR count). The van der Waals surface area contributed by atoms with Gasteiger partial charge in [-0.15, -0.1) is 0 Å². The van der Waals surface area contributed by atoms with Crippen molar-refractivity contribution in [2.24, 2.45) is 0 Å². The molecule has 3 atom stereocenters. The summed E-state index contributed by atoms with van der Waals surface area (Å²) in [5, 5.41) is 10.6. The molecule has 17 heavy (non-hydrogen) atoms. The zero-order valence-corrected chi connectivity index (χ0v) is 10.8. The largest absolute Gasteiger partial charge is 0.399 e. The molecule has 4 heteroatoms. The van der Waals surface area contributed by atoms with Crippen molar-refractivity contribution in [3.8, 4) is 0 Å². The van der Waals surface area contributed by atoms with Crippen molar-refractivity contribution in [2.75, 3.05) is 18.1 Å². The van der Waals surface area contributed by atoms with E-state index in [9.17, 15) is 5.11 Å². The number of benzene rings is 1. The second-order valence-electron chi connectivity index (χ2n) is 4.42. The van der Waals surface area contributed by atoms with Gasteiger partial charge < -0.3 is 15.6 Å². The summed E-state index contributed by atoms with van der Waals surface area (Å²) in [5.41, 5.74) is 7.27. The molecule has 0 radical (unpaired) electrons. The van der Waals surface area contributed by atoms with Crippen LogP contribution < -0.4 is 5.73 Å². The molecule has 94 valence electrons. The van der Waals surface area contributed by atoms with E-state index in [2.05, 4.69) is 6.92 Å². The average molecular weight is 253 g/mol. The van der Waals surface area contributed by atoms with Gasteiger partial charge in [0.2, 0.25) is 0 Å². The Kier molecular flexibility index (Phi) is 4.31.